The van der Waals surface area contributed by atoms with Crippen molar-refractivity contribution in [2.45, 2.75) is 17.4 Å². The van der Waals surface area contributed by atoms with E-state index >= 15 is 0 Å². The SMILES string of the molecule is Nc1cc(S(=O)(=O)NC2CNC(=O)C2)c(Cl)cc1F. The van der Waals surface area contributed by atoms with Crippen molar-refractivity contribution in [1.29, 1.82) is 0 Å². The van der Waals surface area contributed by atoms with Gasteiger partial charge in [0.05, 0.1) is 10.7 Å². The van der Waals surface area contributed by atoms with Crippen LogP contribution in [0.2, 0.25) is 5.02 Å². The average Bonchev–Trinajstić information content (AvgIpc) is 2.68. The van der Waals surface area contributed by atoms with Crippen LogP contribution in [0.3, 0.4) is 0 Å². The van der Waals surface area contributed by atoms with E-state index in [0.717, 1.165) is 12.1 Å². The van der Waals surface area contributed by atoms with Crippen molar-refractivity contribution in [3.8, 4) is 0 Å². The molecule has 1 unspecified atom stereocenters. The molecule has 1 heterocycles. The van der Waals surface area contributed by atoms with Gasteiger partial charge >= 0.3 is 0 Å². The van der Waals surface area contributed by atoms with Crippen LogP contribution < -0.4 is 15.8 Å². The predicted octanol–water partition coefficient (Wildman–Crippen LogP) is 0.228. The maximum Gasteiger partial charge on any atom is 0.242 e. The van der Waals surface area contributed by atoms with Crippen molar-refractivity contribution in [2.75, 3.05) is 12.3 Å². The van der Waals surface area contributed by atoms with Gasteiger partial charge < -0.3 is 11.1 Å². The summed E-state index contributed by atoms with van der Waals surface area (Å²) in [6.45, 7) is 0.201. The molecule has 104 valence electrons. The first-order chi connectivity index (χ1) is 8.79. The molecule has 2 rings (SSSR count). The number of halogens is 2. The molecule has 0 spiro atoms. The summed E-state index contributed by atoms with van der Waals surface area (Å²) in [7, 11) is -3.96. The lowest BCUT2D eigenvalue weighted by molar-refractivity contribution is -0.119. The van der Waals surface area contributed by atoms with Crippen molar-refractivity contribution in [1.82, 2.24) is 10.0 Å². The van der Waals surface area contributed by atoms with Gasteiger partial charge in [-0.2, -0.15) is 0 Å². The Kier molecular flexibility index (Phi) is 3.66. The third-order valence-electron chi connectivity index (χ3n) is 2.64. The fourth-order valence-corrected chi connectivity index (χ4v) is 3.51. The largest absolute Gasteiger partial charge is 0.396 e. The smallest absolute Gasteiger partial charge is 0.242 e. The van der Waals surface area contributed by atoms with E-state index in [1.807, 2.05) is 0 Å². The summed E-state index contributed by atoms with van der Waals surface area (Å²) in [5.74, 6) is -1.03. The first-order valence-electron chi connectivity index (χ1n) is 5.33. The first kappa shape index (κ1) is 14.0. The quantitative estimate of drug-likeness (QED) is 0.696. The molecule has 0 radical (unpaired) electrons. The second-order valence-corrected chi connectivity index (χ2v) is 6.22. The summed E-state index contributed by atoms with van der Waals surface area (Å²) >= 11 is 5.70. The third kappa shape index (κ3) is 2.96. The van der Waals surface area contributed by atoms with Crippen LogP contribution in [0, 0.1) is 5.82 Å². The van der Waals surface area contributed by atoms with Gasteiger partial charge in [-0.05, 0) is 12.1 Å². The number of rotatable bonds is 3. The van der Waals surface area contributed by atoms with Crippen LogP contribution in [0.15, 0.2) is 17.0 Å². The van der Waals surface area contributed by atoms with Crippen molar-refractivity contribution >= 4 is 33.2 Å². The van der Waals surface area contributed by atoms with Gasteiger partial charge in [0.2, 0.25) is 15.9 Å². The highest BCUT2D eigenvalue weighted by molar-refractivity contribution is 7.89. The van der Waals surface area contributed by atoms with Crippen LogP contribution in [-0.4, -0.2) is 26.9 Å². The van der Waals surface area contributed by atoms with E-state index in [1.54, 1.807) is 0 Å². The molecule has 1 atom stereocenters. The number of carbonyl (C=O) groups excluding carboxylic acids is 1. The molecule has 1 amide bonds. The van der Waals surface area contributed by atoms with Gasteiger partial charge in [-0.1, -0.05) is 11.6 Å². The molecule has 1 aromatic rings. The Balaban J connectivity index is 2.29. The number of sulfonamides is 1. The van der Waals surface area contributed by atoms with Crippen LogP contribution in [0.5, 0.6) is 0 Å². The van der Waals surface area contributed by atoms with E-state index in [4.69, 9.17) is 17.3 Å². The Hall–Kier alpha value is -1.38. The molecular weight excluding hydrogens is 297 g/mol. The average molecular weight is 308 g/mol. The topological polar surface area (TPSA) is 101 Å². The maximum atomic E-state index is 13.1. The van der Waals surface area contributed by atoms with Gasteiger partial charge in [0.15, 0.2) is 0 Å². The minimum absolute atomic E-state index is 0.0491. The van der Waals surface area contributed by atoms with E-state index in [9.17, 15) is 17.6 Å². The molecule has 1 aliphatic heterocycles. The van der Waals surface area contributed by atoms with Gasteiger partial charge in [-0.25, -0.2) is 17.5 Å². The molecule has 9 heteroatoms. The first-order valence-corrected chi connectivity index (χ1v) is 7.19. The zero-order valence-corrected chi connectivity index (χ0v) is 11.2. The Morgan fingerprint density at radius 3 is 2.74 bits per heavy atom. The lowest BCUT2D eigenvalue weighted by Crippen LogP contribution is -2.36. The highest BCUT2D eigenvalue weighted by atomic mass is 35.5. The molecule has 1 aliphatic rings. The molecule has 1 aromatic carbocycles. The van der Waals surface area contributed by atoms with Gasteiger partial charge in [-0.15, -0.1) is 0 Å². The zero-order valence-electron chi connectivity index (χ0n) is 9.61. The van der Waals surface area contributed by atoms with E-state index in [2.05, 4.69) is 10.0 Å². The van der Waals surface area contributed by atoms with Crippen LogP contribution in [0.25, 0.3) is 0 Å². The number of nitrogens with one attached hydrogen (secondary N) is 2. The van der Waals surface area contributed by atoms with Crippen LogP contribution >= 0.6 is 11.6 Å². The number of anilines is 1. The van der Waals surface area contributed by atoms with Crippen LogP contribution in [0.1, 0.15) is 6.42 Å². The second kappa shape index (κ2) is 4.95. The van der Waals surface area contributed by atoms with E-state index in [-0.39, 0.29) is 34.5 Å². The monoisotopic (exact) mass is 307 g/mol. The number of nitrogens with two attached hydrogens (primary N) is 1. The Morgan fingerprint density at radius 1 is 1.47 bits per heavy atom. The maximum absolute atomic E-state index is 13.1. The fourth-order valence-electron chi connectivity index (χ4n) is 1.72. The van der Waals surface area contributed by atoms with Gasteiger partial charge in [0.25, 0.3) is 0 Å². The Labute approximate surface area is 114 Å². The molecular formula is C10H11ClFN3O3S. The summed E-state index contributed by atoms with van der Waals surface area (Å²) in [5.41, 5.74) is 5.01. The normalized spacial score (nSPS) is 19.5. The number of hydrogen-bond donors (Lipinski definition) is 3. The summed E-state index contributed by atoms with van der Waals surface area (Å²) in [6, 6.07) is 1.23. The lowest BCUT2D eigenvalue weighted by atomic mass is 10.3. The standard InChI is InChI=1S/C10H11ClFN3O3S/c11-6-2-7(12)8(13)3-9(6)19(17,18)15-5-1-10(16)14-4-5/h2-3,5,15H,1,4,13H2,(H,14,16). The molecule has 0 saturated carbocycles. The molecule has 1 fully saturated rings. The van der Waals surface area contributed by atoms with Gasteiger partial charge in [0, 0.05) is 19.0 Å². The lowest BCUT2D eigenvalue weighted by Gasteiger charge is -2.13. The van der Waals surface area contributed by atoms with Crippen LogP contribution in [-0.2, 0) is 14.8 Å². The molecule has 6 nitrogen and oxygen atoms in total. The minimum Gasteiger partial charge on any atom is -0.396 e. The summed E-state index contributed by atoms with van der Waals surface area (Å²) in [5, 5.41) is 2.23. The highest BCUT2D eigenvalue weighted by Gasteiger charge is 2.28. The number of amides is 1. The van der Waals surface area contributed by atoms with E-state index < -0.39 is 21.9 Å². The summed E-state index contributed by atoms with van der Waals surface area (Å²) in [4.78, 5) is 10.7. The molecule has 4 N–H and O–H groups in total. The number of carbonyl (C=O) groups is 1. The van der Waals surface area contributed by atoms with E-state index in [0.29, 0.717) is 0 Å². The van der Waals surface area contributed by atoms with Gasteiger partial charge in [-0.3, -0.25) is 4.79 Å². The molecule has 1 saturated heterocycles. The fraction of sp³-hybridized carbons (Fsp3) is 0.300. The number of benzene rings is 1. The van der Waals surface area contributed by atoms with Crippen molar-refractivity contribution in [3.05, 3.63) is 23.0 Å². The highest BCUT2D eigenvalue weighted by Crippen LogP contribution is 2.26. The zero-order chi connectivity index (χ0) is 14.2. The number of nitrogen functional groups attached to an aromatic ring is 1. The summed E-state index contributed by atoms with van der Waals surface area (Å²) < 4.78 is 39.6. The second-order valence-electron chi connectivity index (χ2n) is 4.13. The Bertz CT molecular complexity index is 635. The molecule has 19 heavy (non-hydrogen) atoms. The minimum atomic E-state index is -3.96. The summed E-state index contributed by atoms with van der Waals surface area (Å²) in [6.07, 6.45) is 0.0491. The molecule has 0 aromatic heterocycles. The Morgan fingerprint density at radius 2 is 2.16 bits per heavy atom. The third-order valence-corrected chi connectivity index (χ3v) is 4.63. The molecule has 0 aliphatic carbocycles. The predicted molar refractivity (Wildman–Crippen MR) is 67.6 cm³/mol. The van der Waals surface area contributed by atoms with Crippen LogP contribution in [0.4, 0.5) is 10.1 Å². The van der Waals surface area contributed by atoms with Gasteiger partial charge in [0.1, 0.15) is 10.7 Å². The molecule has 0 bridgehead atoms. The van der Waals surface area contributed by atoms with Crippen molar-refractivity contribution in [2.24, 2.45) is 0 Å². The van der Waals surface area contributed by atoms with Crippen molar-refractivity contribution < 1.29 is 17.6 Å². The number of hydrogen-bond acceptors (Lipinski definition) is 4. The van der Waals surface area contributed by atoms with E-state index in [1.165, 1.54) is 0 Å². The van der Waals surface area contributed by atoms with Crippen molar-refractivity contribution in [3.63, 3.8) is 0 Å².